The molecule has 2 heterocycles. The van der Waals surface area contributed by atoms with Crippen LogP contribution in [-0.4, -0.2) is 25.0 Å². The van der Waals surface area contributed by atoms with Crippen LogP contribution in [0.25, 0.3) is 11.2 Å². The third-order valence-electron chi connectivity index (χ3n) is 3.69. The average Bonchev–Trinajstić information content (AvgIpc) is 2.95. The Bertz CT molecular complexity index is 980. The largest absolute Gasteiger partial charge is 0.330 e. The van der Waals surface area contributed by atoms with Crippen molar-refractivity contribution in [3.63, 3.8) is 0 Å². The number of carbonyl (C=O) groups excluding carboxylic acids is 1. The number of nitrogens with zero attached hydrogens (tertiary/aromatic N) is 4. The molecule has 0 bridgehead atoms. The van der Waals surface area contributed by atoms with Crippen molar-refractivity contribution in [2.45, 2.75) is 6.54 Å². The summed E-state index contributed by atoms with van der Waals surface area (Å²) in [6.07, 6.45) is 2.49. The van der Waals surface area contributed by atoms with Gasteiger partial charge >= 0.3 is 5.69 Å². The molecule has 0 aliphatic heterocycles. The minimum atomic E-state index is -0.196. The summed E-state index contributed by atoms with van der Waals surface area (Å²) < 4.78 is 5.29. The first-order chi connectivity index (χ1) is 10.5. The summed E-state index contributed by atoms with van der Waals surface area (Å²) in [5.74, 6) is 0. The molecule has 1 aromatic carbocycles. The Labute approximate surface area is 131 Å². The van der Waals surface area contributed by atoms with E-state index in [0.717, 1.165) is 17.4 Å². The fraction of sp³-hybridized carbons (Fsp3) is 0.200. The lowest BCUT2D eigenvalue weighted by Crippen LogP contribution is -2.28. The van der Waals surface area contributed by atoms with Gasteiger partial charge in [-0.05, 0) is 5.56 Å². The Morgan fingerprint density at radius 1 is 1.18 bits per heavy atom. The standard InChI is InChI=1S/C15H14N4O2S/c1-17-13-12(14(22)18(2)15(17)21)19(9-16-13)7-10-3-5-11(8-20)6-4-10/h3-6,8-9H,7H2,1-2H3. The van der Waals surface area contributed by atoms with E-state index in [-0.39, 0.29) is 5.69 Å². The molecule has 0 N–H and O–H groups in total. The first-order valence-electron chi connectivity index (χ1n) is 6.68. The van der Waals surface area contributed by atoms with E-state index >= 15 is 0 Å². The minimum absolute atomic E-state index is 0.196. The molecule has 0 spiro atoms. The van der Waals surface area contributed by atoms with Gasteiger partial charge in [-0.25, -0.2) is 9.78 Å². The molecule has 3 rings (SSSR count). The number of hydrogen-bond acceptors (Lipinski definition) is 4. The third kappa shape index (κ3) is 2.19. The molecule has 0 fully saturated rings. The predicted octanol–water partition coefficient (Wildman–Crippen LogP) is 1.66. The lowest BCUT2D eigenvalue weighted by Gasteiger charge is -2.08. The molecular weight excluding hydrogens is 300 g/mol. The van der Waals surface area contributed by atoms with Gasteiger partial charge in [0.2, 0.25) is 0 Å². The first-order valence-corrected chi connectivity index (χ1v) is 7.08. The second-order valence-electron chi connectivity index (χ2n) is 5.11. The molecule has 0 aliphatic carbocycles. The summed E-state index contributed by atoms with van der Waals surface area (Å²) in [5.41, 5.74) is 2.78. The highest BCUT2D eigenvalue weighted by Crippen LogP contribution is 2.14. The van der Waals surface area contributed by atoms with E-state index in [1.54, 1.807) is 32.6 Å². The van der Waals surface area contributed by atoms with Crippen molar-refractivity contribution in [2.75, 3.05) is 0 Å². The Morgan fingerprint density at radius 2 is 1.86 bits per heavy atom. The zero-order valence-corrected chi connectivity index (χ0v) is 13.0. The van der Waals surface area contributed by atoms with Crippen LogP contribution in [-0.2, 0) is 20.6 Å². The van der Waals surface area contributed by atoms with Crippen LogP contribution >= 0.6 is 12.2 Å². The molecule has 0 amide bonds. The molecular formula is C15H14N4O2S. The highest BCUT2D eigenvalue weighted by Gasteiger charge is 2.12. The third-order valence-corrected chi connectivity index (χ3v) is 4.15. The Kier molecular flexibility index (Phi) is 3.50. The fourth-order valence-electron chi connectivity index (χ4n) is 2.42. The quantitative estimate of drug-likeness (QED) is 0.545. The Hall–Kier alpha value is -2.54. The van der Waals surface area contributed by atoms with E-state index in [9.17, 15) is 9.59 Å². The summed E-state index contributed by atoms with van der Waals surface area (Å²) >= 11 is 5.38. The molecule has 0 atom stereocenters. The monoisotopic (exact) mass is 314 g/mol. The van der Waals surface area contributed by atoms with Crippen molar-refractivity contribution >= 4 is 29.7 Å². The van der Waals surface area contributed by atoms with E-state index in [1.807, 2.05) is 16.7 Å². The number of imidazole rings is 1. The van der Waals surface area contributed by atoms with Crippen LogP contribution in [0.3, 0.4) is 0 Å². The van der Waals surface area contributed by atoms with Gasteiger partial charge in [-0.15, -0.1) is 0 Å². The molecule has 0 aliphatic rings. The number of aryl methyl sites for hydroxylation is 1. The summed E-state index contributed by atoms with van der Waals surface area (Å²) in [6.45, 7) is 0.567. The van der Waals surface area contributed by atoms with Crippen molar-refractivity contribution in [1.29, 1.82) is 0 Å². The summed E-state index contributed by atoms with van der Waals surface area (Å²) in [6, 6.07) is 7.32. The number of rotatable bonds is 3. The summed E-state index contributed by atoms with van der Waals surface area (Å²) in [5, 5.41) is 0. The van der Waals surface area contributed by atoms with Crippen LogP contribution in [0.2, 0.25) is 0 Å². The Balaban J connectivity index is 2.14. The molecule has 22 heavy (non-hydrogen) atoms. The van der Waals surface area contributed by atoms with Gasteiger partial charge in [-0.1, -0.05) is 36.5 Å². The lowest BCUT2D eigenvalue weighted by molar-refractivity contribution is 0.112. The highest BCUT2D eigenvalue weighted by atomic mass is 32.1. The number of aromatic nitrogens is 4. The van der Waals surface area contributed by atoms with E-state index in [0.29, 0.717) is 22.4 Å². The van der Waals surface area contributed by atoms with Gasteiger partial charge in [0.1, 0.15) is 16.4 Å². The fourth-order valence-corrected chi connectivity index (χ4v) is 2.70. The number of aldehydes is 1. The van der Waals surface area contributed by atoms with Crippen LogP contribution in [0.1, 0.15) is 15.9 Å². The van der Waals surface area contributed by atoms with Gasteiger partial charge in [-0.2, -0.15) is 0 Å². The highest BCUT2D eigenvalue weighted by molar-refractivity contribution is 7.71. The maximum Gasteiger partial charge on any atom is 0.330 e. The Morgan fingerprint density at radius 3 is 2.50 bits per heavy atom. The van der Waals surface area contributed by atoms with E-state index in [1.165, 1.54) is 9.13 Å². The lowest BCUT2D eigenvalue weighted by atomic mass is 10.1. The molecule has 7 heteroatoms. The number of carbonyl (C=O) groups is 1. The number of hydrogen-bond donors (Lipinski definition) is 0. The molecule has 6 nitrogen and oxygen atoms in total. The van der Waals surface area contributed by atoms with Crippen molar-refractivity contribution in [3.8, 4) is 0 Å². The second-order valence-corrected chi connectivity index (χ2v) is 5.50. The second kappa shape index (κ2) is 5.34. The van der Waals surface area contributed by atoms with Crippen LogP contribution in [0, 0.1) is 4.64 Å². The molecule has 3 aromatic rings. The molecule has 0 unspecified atom stereocenters. The number of fused-ring (bicyclic) bond motifs is 1. The summed E-state index contributed by atoms with van der Waals surface area (Å²) in [7, 11) is 3.33. The predicted molar refractivity (Wildman–Crippen MR) is 85.7 cm³/mol. The zero-order chi connectivity index (χ0) is 15.9. The molecule has 2 aromatic heterocycles. The van der Waals surface area contributed by atoms with Gasteiger partial charge in [0.05, 0.1) is 6.33 Å². The van der Waals surface area contributed by atoms with Crippen LogP contribution in [0.4, 0.5) is 0 Å². The van der Waals surface area contributed by atoms with Crippen molar-refractivity contribution in [2.24, 2.45) is 14.1 Å². The van der Waals surface area contributed by atoms with Gasteiger partial charge < -0.3 is 4.57 Å². The summed E-state index contributed by atoms with van der Waals surface area (Å²) in [4.78, 5) is 27.0. The minimum Gasteiger partial charge on any atom is -0.322 e. The maximum absolute atomic E-state index is 12.0. The van der Waals surface area contributed by atoms with Gasteiger partial charge in [-0.3, -0.25) is 13.9 Å². The molecule has 0 radical (unpaired) electrons. The first kappa shape index (κ1) is 14.4. The molecule has 0 saturated carbocycles. The van der Waals surface area contributed by atoms with Crippen LogP contribution in [0.15, 0.2) is 35.4 Å². The van der Waals surface area contributed by atoms with E-state index in [2.05, 4.69) is 4.98 Å². The maximum atomic E-state index is 12.0. The number of benzene rings is 1. The van der Waals surface area contributed by atoms with Crippen molar-refractivity contribution < 1.29 is 4.79 Å². The SMILES string of the molecule is Cn1c(=S)c2c(ncn2Cc2ccc(C=O)cc2)n(C)c1=O. The van der Waals surface area contributed by atoms with Gasteiger partial charge in [0, 0.05) is 26.2 Å². The smallest absolute Gasteiger partial charge is 0.322 e. The van der Waals surface area contributed by atoms with Crippen LogP contribution < -0.4 is 5.69 Å². The van der Waals surface area contributed by atoms with E-state index in [4.69, 9.17) is 12.2 Å². The molecule has 0 saturated heterocycles. The van der Waals surface area contributed by atoms with Crippen molar-refractivity contribution in [1.82, 2.24) is 18.7 Å². The average molecular weight is 314 g/mol. The zero-order valence-electron chi connectivity index (χ0n) is 12.2. The van der Waals surface area contributed by atoms with Crippen LogP contribution in [0.5, 0.6) is 0 Å². The van der Waals surface area contributed by atoms with Gasteiger partial charge in [0.25, 0.3) is 0 Å². The van der Waals surface area contributed by atoms with Gasteiger partial charge in [0.15, 0.2) is 5.65 Å². The topological polar surface area (TPSA) is 61.8 Å². The van der Waals surface area contributed by atoms with Crippen molar-refractivity contribution in [3.05, 3.63) is 56.8 Å². The van der Waals surface area contributed by atoms with E-state index < -0.39 is 0 Å². The normalized spacial score (nSPS) is 11.0. The molecule has 112 valence electrons.